The van der Waals surface area contributed by atoms with Crippen LogP contribution in [-0.4, -0.2) is 30.2 Å². The van der Waals surface area contributed by atoms with Crippen LogP contribution in [0, 0.1) is 0 Å². The number of nitrogens with one attached hydrogen (secondary N) is 2. The summed E-state index contributed by atoms with van der Waals surface area (Å²) in [6.45, 7) is 0. The number of hydrogen-bond acceptors (Lipinski definition) is 5. The van der Waals surface area contributed by atoms with E-state index < -0.39 is 21.9 Å². The van der Waals surface area contributed by atoms with E-state index in [1.807, 2.05) is 0 Å². The van der Waals surface area contributed by atoms with Crippen molar-refractivity contribution in [2.45, 2.75) is 11.1 Å². The largest absolute Gasteiger partial charge is 0.435 e. The molecule has 0 aliphatic heterocycles. The standard InChI is InChI=1S/C20H16F3N5O2S/c1-24-31(29,30)14-8-6-13(7-9-14)25-19-12-17(15-4-2-3-5-16(15)26-19)28-11-10-18(27-28)20(21,22)23/h2-12,24H,1H3,(H,25,26). The molecule has 0 fully saturated rings. The fraction of sp³-hybridized carbons (Fsp3) is 0.100. The highest BCUT2D eigenvalue weighted by Gasteiger charge is 2.33. The topological polar surface area (TPSA) is 88.9 Å². The minimum atomic E-state index is -4.55. The van der Waals surface area contributed by atoms with Crippen LogP contribution < -0.4 is 10.0 Å². The van der Waals surface area contributed by atoms with Crippen molar-refractivity contribution in [3.63, 3.8) is 0 Å². The van der Waals surface area contributed by atoms with E-state index in [0.29, 0.717) is 28.1 Å². The summed E-state index contributed by atoms with van der Waals surface area (Å²) in [7, 11) is -2.25. The molecule has 0 aliphatic rings. The Labute approximate surface area is 175 Å². The first-order valence-corrected chi connectivity index (χ1v) is 10.5. The van der Waals surface area contributed by atoms with Crippen molar-refractivity contribution in [1.82, 2.24) is 19.5 Å². The Morgan fingerprint density at radius 3 is 2.35 bits per heavy atom. The minimum absolute atomic E-state index is 0.101. The van der Waals surface area contributed by atoms with E-state index in [1.54, 1.807) is 42.5 Å². The SMILES string of the molecule is CNS(=O)(=O)c1ccc(Nc2cc(-n3ccc(C(F)(F)F)n3)c3ccccc3n2)cc1. The number of fused-ring (bicyclic) bond motifs is 1. The Kier molecular flexibility index (Phi) is 5.15. The average molecular weight is 447 g/mol. The number of anilines is 2. The summed E-state index contributed by atoms with van der Waals surface area (Å²) >= 11 is 0. The van der Waals surface area contributed by atoms with E-state index >= 15 is 0 Å². The van der Waals surface area contributed by atoms with Gasteiger partial charge in [0.05, 0.1) is 16.1 Å². The van der Waals surface area contributed by atoms with Gasteiger partial charge < -0.3 is 5.32 Å². The van der Waals surface area contributed by atoms with Gasteiger partial charge in [0.2, 0.25) is 10.0 Å². The minimum Gasteiger partial charge on any atom is -0.340 e. The number of halogens is 3. The Morgan fingerprint density at radius 1 is 1.00 bits per heavy atom. The van der Waals surface area contributed by atoms with Crippen molar-refractivity contribution in [2.75, 3.05) is 12.4 Å². The molecule has 4 aromatic rings. The molecule has 0 spiro atoms. The molecule has 11 heteroatoms. The zero-order valence-electron chi connectivity index (χ0n) is 16.1. The van der Waals surface area contributed by atoms with Gasteiger partial charge >= 0.3 is 6.18 Å². The molecule has 0 unspecified atom stereocenters. The van der Waals surface area contributed by atoms with E-state index in [0.717, 1.165) is 10.7 Å². The van der Waals surface area contributed by atoms with Gasteiger partial charge in [-0.2, -0.15) is 18.3 Å². The molecule has 2 aromatic carbocycles. The van der Waals surface area contributed by atoms with Crippen molar-refractivity contribution >= 4 is 32.4 Å². The summed E-state index contributed by atoms with van der Waals surface area (Å²) in [5.41, 5.74) is 0.531. The molecule has 0 saturated carbocycles. The number of alkyl halides is 3. The lowest BCUT2D eigenvalue weighted by molar-refractivity contribution is -0.141. The lowest BCUT2D eigenvalue weighted by Crippen LogP contribution is -2.18. The Hall–Kier alpha value is -3.44. The van der Waals surface area contributed by atoms with Gasteiger partial charge in [-0.05, 0) is 43.4 Å². The molecule has 0 radical (unpaired) electrons. The van der Waals surface area contributed by atoms with Crippen LogP contribution in [-0.2, 0) is 16.2 Å². The van der Waals surface area contributed by atoms with Crippen LogP contribution in [0.4, 0.5) is 24.7 Å². The molecule has 31 heavy (non-hydrogen) atoms. The molecule has 7 nitrogen and oxygen atoms in total. The molecular weight excluding hydrogens is 431 g/mol. The molecule has 4 rings (SSSR count). The highest BCUT2D eigenvalue weighted by atomic mass is 32.2. The van der Waals surface area contributed by atoms with Crippen molar-refractivity contribution in [3.8, 4) is 5.69 Å². The lowest BCUT2D eigenvalue weighted by Gasteiger charge is -2.12. The quantitative estimate of drug-likeness (QED) is 0.481. The molecular formula is C20H16F3N5O2S. The number of rotatable bonds is 5. The third kappa shape index (κ3) is 4.23. The molecule has 0 bridgehead atoms. The summed E-state index contributed by atoms with van der Waals surface area (Å²) < 4.78 is 66.1. The summed E-state index contributed by atoms with van der Waals surface area (Å²) in [5.74, 6) is 0.363. The van der Waals surface area contributed by atoms with E-state index in [-0.39, 0.29) is 4.90 Å². The highest BCUT2D eigenvalue weighted by molar-refractivity contribution is 7.89. The molecule has 0 atom stereocenters. The zero-order chi connectivity index (χ0) is 22.2. The van der Waals surface area contributed by atoms with Gasteiger partial charge in [-0.3, -0.25) is 0 Å². The van der Waals surface area contributed by atoms with E-state index in [9.17, 15) is 21.6 Å². The van der Waals surface area contributed by atoms with Gasteiger partial charge in [-0.1, -0.05) is 18.2 Å². The van der Waals surface area contributed by atoms with E-state index in [4.69, 9.17) is 0 Å². The molecule has 0 saturated heterocycles. The predicted molar refractivity (Wildman–Crippen MR) is 110 cm³/mol. The Bertz CT molecular complexity index is 1350. The summed E-state index contributed by atoms with van der Waals surface area (Å²) in [4.78, 5) is 4.60. The van der Waals surface area contributed by atoms with Crippen LogP contribution in [0.5, 0.6) is 0 Å². The normalized spacial score (nSPS) is 12.3. The van der Waals surface area contributed by atoms with Crippen molar-refractivity contribution in [1.29, 1.82) is 0 Å². The van der Waals surface area contributed by atoms with Crippen LogP contribution in [0.1, 0.15) is 5.69 Å². The Balaban J connectivity index is 1.74. The van der Waals surface area contributed by atoms with Gasteiger partial charge in [0.25, 0.3) is 0 Å². The lowest BCUT2D eigenvalue weighted by atomic mass is 10.2. The van der Waals surface area contributed by atoms with Gasteiger partial charge in [0, 0.05) is 23.3 Å². The number of nitrogens with zero attached hydrogens (tertiary/aromatic N) is 3. The van der Waals surface area contributed by atoms with Crippen LogP contribution in [0.15, 0.2) is 71.8 Å². The van der Waals surface area contributed by atoms with Gasteiger partial charge in [0.1, 0.15) is 5.82 Å². The first-order chi connectivity index (χ1) is 14.7. The molecule has 0 aliphatic carbocycles. The smallest absolute Gasteiger partial charge is 0.340 e. The maximum absolute atomic E-state index is 13.0. The third-order valence-electron chi connectivity index (χ3n) is 4.53. The third-order valence-corrected chi connectivity index (χ3v) is 5.96. The van der Waals surface area contributed by atoms with E-state index in [2.05, 4.69) is 20.1 Å². The van der Waals surface area contributed by atoms with Crippen LogP contribution in [0.3, 0.4) is 0 Å². The zero-order valence-corrected chi connectivity index (χ0v) is 16.9. The molecule has 0 amide bonds. The van der Waals surface area contributed by atoms with Gasteiger partial charge in [0.15, 0.2) is 5.69 Å². The second-order valence-electron chi connectivity index (χ2n) is 6.54. The van der Waals surface area contributed by atoms with Crippen LogP contribution in [0.2, 0.25) is 0 Å². The number of para-hydroxylation sites is 1. The molecule has 2 N–H and O–H groups in total. The number of benzene rings is 2. The van der Waals surface area contributed by atoms with Crippen molar-refractivity contribution < 1.29 is 21.6 Å². The van der Waals surface area contributed by atoms with Crippen molar-refractivity contribution in [3.05, 3.63) is 72.6 Å². The Morgan fingerprint density at radius 2 is 1.71 bits per heavy atom. The molecule has 2 heterocycles. The van der Waals surface area contributed by atoms with Gasteiger partial charge in [-0.25, -0.2) is 22.8 Å². The monoisotopic (exact) mass is 447 g/mol. The fourth-order valence-corrected chi connectivity index (χ4v) is 3.73. The fourth-order valence-electron chi connectivity index (χ4n) is 3.00. The maximum Gasteiger partial charge on any atom is 0.435 e. The van der Waals surface area contributed by atoms with Crippen molar-refractivity contribution in [2.24, 2.45) is 0 Å². The highest BCUT2D eigenvalue weighted by Crippen LogP contribution is 2.30. The van der Waals surface area contributed by atoms with Gasteiger partial charge in [-0.15, -0.1) is 0 Å². The average Bonchev–Trinajstić information content (AvgIpc) is 3.24. The summed E-state index contributed by atoms with van der Waals surface area (Å²) in [6.07, 6.45) is -3.31. The van der Waals surface area contributed by atoms with E-state index in [1.165, 1.54) is 25.4 Å². The number of pyridine rings is 1. The molecule has 2 aromatic heterocycles. The maximum atomic E-state index is 13.0. The number of aromatic nitrogens is 3. The molecule has 160 valence electrons. The second kappa shape index (κ2) is 7.67. The first-order valence-electron chi connectivity index (χ1n) is 9.01. The number of hydrogen-bond donors (Lipinski definition) is 2. The number of sulfonamides is 1. The van der Waals surface area contributed by atoms with Crippen LogP contribution >= 0.6 is 0 Å². The summed E-state index contributed by atoms with van der Waals surface area (Å²) in [6, 6.07) is 15.5. The first kappa shape index (κ1) is 20.8. The predicted octanol–water partition coefficient (Wildman–Crippen LogP) is 4.09. The second-order valence-corrected chi connectivity index (χ2v) is 8.43. The summed E-state index contributed by atoms with van der Waals surface area (Å²) in [5, 5.41) is 7.34. The van der Waals surface area contributed by atoms with Crippen LogP contribution in [0.25, 0.3) is 16.6 Å².